The molecule has 0 saturated carbocycles. The van der Waals surface area contributed by atoms with E-state index in [0.717, 1.165) is 128 Å². The molecule has 0 aromatic heterocycles. The van der Waals surface area contributed by atoms with Gasteiger partial charge in [0.05, 0.1) is 6.61 Å². The van der Waals surface area contributed by atoms with Gasteiger partial charge in [-0.2, -0.15) is 0 Å². The van der Waals surface area contributed by atoms with Crippen molar-refractivity contribution in [3.05, 3.63) is 109 Å². The lowest BCUT2D eigenvalue weighted by molar-refractivity contribution is -0.163. The molecule has 0 aliphatic carbocycles. The summed E-state index contributed by atoms with van der Waals surface area (Å²) in [6.45, 7) is 7.49. The van der Waals surface area contributed by atoms with Crippen molar-refractivity contribution in [2.45, 2.75) is 232 Å². The first-order valence-electron chi connectivity index (χ1n) is 26.4. The number of ether oxygens (including phenoxy) is 3. The molecular weight excluding hydrogens is 789 g/mol. The Kier molecular flexibility index (Phi) is 51.0. The van der Waals surface area contributed by atoms with Crippen molar-refractivity contribution in [2.24, 2.45) is 0 Å². The molecule has 0 bridgehead atoms. The zero-order valence-corrected chi connectivity index (χ0v) is 41.8. The molecule has 0 spiro atoms. The summed E-state index contributed by atoms with van der Waals surface area (Å²) in [4.78, 5) is 25.4. The van der Waals surface area contributed by atoms with Crippen LogP contribution in [0.1, 0.15) is 226 Å². The van der Waals surface area contributed by atoms with Crippen LogP contribution < -0.4 is 0 Å². The predicted molar refractivity (Wildman–Crippen MR) is 279 cm³/mol. The molecule has 0 heterocycles. The van der Waals surface area contributed by atoms with Gasteiger partial charge in [0.2, 0.25) is 0 Å². The molecule has 0 N–H and O–H groups in total. The maximum Gasteiger partial charge on any atom is 0.306 e. The van der Waals surface area contributed by atoms with Gasteiger partial charge in [-0.1, -0.05) is 207 Å². The van der Waals surface area contributed by atoms with Crippen LogP contribution in [0.2, 0.25) is 0 Å². The minimum atomic E-state index is -0.564. The molecule has 5 heteroatoms. The summed E-state index contributed by atoms with van der Waals surface area (Å²) in [5.41, 5.74) is 0. The molecule has 0 aliphatic rings. The van der Waals surface area contributed by atoms with E-state index in [0.29, 0.717) is 19.4 Å². The highest BCUT2D eigenvalue weighted by Gasteiger charge is 2.17. The molecule has 0 fully saturated rings. The highest BCUT2D eigenvalue weighted by Crippen LogP contribution is 2.13. The Morgan fingerprint density at radius 1 is 0.359 bits per heavy atom. The number of hydrogen-bond acceptors (Lipinski definition) is 5. The Morgan fingerprint density at radius 2 is 0.703 bits per heavy atom. The van der Waals surface area contributed by atoms with E-state index >= 15 is 0 Å². The molecule has 1 unspecified atom stereocenters. The molecule has 364 valence electrons. The third kappa shape index (κ3) is 51.2. The van der Waals surface area contributed by atoms with Gasteiger partial charge < -0.3 is 14.2 Å². The SMILES string of the molecule is CC/C=C\C/C=C\C/C=C\C/C=C\C/C=C\CCCCCCOCC(COC(=O)CCCCCCCCC/C=C\C/C=C\C/C=C\CC)OC(=O)CCCCCCC/C=C\CCCC. The number of allylic oxidation sites excluding steroid dienone is 18. The van der Waals surface area contributed by atoms with Crippen LogP contribution >= 0.6 is 0 Å². The molecule has 0 rings (SSSR count). The summed E-state index contributed by atoms with van der Waals surface area (Å²) in [7, 11) is 0. The minimum absolute atomic E-state index is 0.0601. The van der Waals surface area contributed by atoms with Crippen LogP contribution in [-0.2, 0) is 23.8 Å². The first-order chi connectivity index (χ1) is 31.6. The second-order valence-electron chi connectivity index (χ2n) is 17.0. The standard InChI is InChI=1S/C59H98O5/c1-4-7-10-13-16-19-22-24-26-28-29-30-32-34-36-39-42-45-48-51-54-62-55-57(64-59(61)53-50-47-44-41-37-21-18-15-12-9-6-3)56-63-58(60)52-49-46-43-40-38-35-33-31-27-25-23-20-17-14-11-8-5-2/h7-8,10-11,15-20,24-27,29-30,34,36,57H,4-6,9,12-14,21-23,28,31-33,35,37-56H2,1-3H3/b10-7-,11-8-,18-15-,19-16-,20-17-,26-24-,27-25-,30-29-,36-34-. The number of rotatable bonds is 47. The Morgan fingerprint density at radius 3 is 1.14 bits per heavy atom. The van der Waals surface area contributed by atoms with Crippen LogP contribution in [-0.4, -0.2) is 37.9 Å². The van der Waals surface area contributed by atoms with Gasteiger partial charge in [-0.25, -0.2) is 0 Å². The van der Waals surface area contributed by atoms with Gasteiger partial charge >= 0.3 is 11.9 Å². The Balaban J connectivity index is 4.32. The van der Waals surface area contributed by atoms with Crippen molar-refractivity contribution in [3.63, 3.8) is 0 Å². The number of unbranched alkanes of at least 4 members (excludes halogenated alkanes) is 18. The Bertz CT molecular complexity index is 1280. The molecule has 0 amide bonds. The molecule has 0 radical (unpaired) electrons. The van der Waals surface area contributed by atoms with Gasteiger partial charge in [0.1, 0.15) is 6.61 Å². The van der Waals surface area contributed by atoms with Gasteiger partial charge in [0.15, 0.2) is 6.10 Å². The Labute approximate surface area is 395 Å². The van der Waals surface area contributed by atoms with Crippen LogP contribution in [0.4, 0.5) is 0 Å². The molecule has 0 aromatic carbocycles. The number of carbonyl (C=O) groups is 2. The highest BCUT2D eigenvalue weighted by molar-refractivity contribution is 5.70. The average Bonchev–Trinajstić information content (AvgIpc) is 3.30. The third-order valence-corrected chi connectivity index (χ3v) is 10.8. The van der Waals surface area contributed by atoms with Gasteiger partial charge in [0.25, 0.3) is 0 Å². The van der Waals surface area contributed by atoms with Crippen molar-refractivity contribution < 1.29 is 23.8 Å². The van der Waals surface area contributed by atoms with E-state index in [1.54, 1.807) is 0 Å². The minimum Gasteiger partial charge on any atom is -0.462 e. The molecule has 5 nitrogen and oxygen atoms in total. The van der Waals surface area contributed by atoms with Crippen molar-refractivity contribution >= 4 is 11.9 Å². The molecule has 0 aliphatic heterocycles. The lowest BCUT2D eigenvalue weighted by atomic mass is 10.1. The fraction of sp³-hybridized carbons (Fsp3) is 0.661. The number of carbonyl (C=O) groups excluding carboxylic acids is 2. The lowest BCUT2D eigenvalue weighted by Crippen LogP contribution is -2.30. The van der Waals surface area contributed by atoms with Gasteiger partial charge in [-0.15, -0.1) is 0 Å². The van der Waals surface area contributed by atoms with Crippen LogP contribution in [0, 0.1) is 0 Å². The predicted octanol–water partition coefficient (Wildman–Crippen LogP) is 18.0. The largest absolute Gasteiger partial charge is 0.462 e. The van der Waals surface area contributed by atoms with E-state index in [1.165, 1.54) is 64.2 Å². The number of hydrogen-bond donors (Lipinski definition) is 0. The first kappa shape index (κ1) is 60.6. The smallest absolute Gasteiger partial charge is 0.306 e. The summed E-state index contributed by atoms with van der Waals surface area (Å²) in [5.74, 6) is -0.439. The topological polar surface area (TPSA) is 61.8 Å². The first-order valence-corrected chi connectivity index (χ1v) is 26.4. The monoisotopic (exact) mass is 887 g/mol. The van der Waals surface area contributed by atoms with E-state index in [1.807, 2.05) is 0 Å². The summed E-state index contributed by atoms with van der Waals surface area (Å²) < 4.78 is 17.4. The summed E-state index contributed by atoms with van der Waals surface area (Å²) in [6.07, 6.45) is 73.9. The van der Waals surface area contributed by atoms with Crippen molar-refractivity contribution in [2.75, 3.05) is 19.8 Å². The average molecular weight is 887 g/mol. The van der Waals surface area contributed by atoms with Crippen LogP contribution in [0.25, 0.3) is 0 Å². The second kappa shape index (κ2) is 53.9. The van der Waals surface area contributed by atoms with E-state index in [9.17, 15) is 9.59 Å². The Hall–Kier alpha value is -3.44. The maximum absolute atomic E-state index is 12.8. The van der Waals surface area contributed by atoms with Crippen LogP contribution in [0.15, 0.2) is 109 Å². The lowest BCUT2D eigenvalue weighted by Gasteiger charge is -2.18. The number of esters is 2. The third-order valence-electron chi connectivity index (χ3n) is 10.8. The van der Waals surface area contributed by atoms with Crippen molar-refractivity contribution in [1.82, 2.24) is 0 Å². The van der Waals surface area contributed by atoms with E-state index in [2.05, 4.69) is 130 Å². The summed E-state index contributed by atoms with van der Waals surface area (Å²) in [5, 5.41) is 0. The zero-order chi connectivity index (χ0) is 46.3. The maximum atomic E-state index is 12.8. The zero-order valence-electron chi connectivity index (χ0n) is 41.8. The van der Waals surface area contributed by atoms with Gasteiger partial charge in [-0.3, -0.25) is 9.59 Å². The highest BCUT2D eigenvalue weighted by atomic mass is 16.6. The van der Waals surface area contributed by atoms with Crippen LogP contribution in [0.3, 0.4) is 0 Å². The van der Waals surface area contributed by atoms with Gasteiger partial charge in [-0.05, 0) is 116 Å². The normalized spacial score (nSPS) is 13.1. The molecule has 1 atom stereocenters. The van der Waals surface area contributed by atoms with E-state index in [-0.39, 0.29) is 25.2 Å². The van der Waals surface area contributed by atoms with Gasteiger partial charge in [0, 0.05) is 19.4 Å². The molecule has 64 heavy (non-hydrogen) atoms. The molecule has 0 aromatic rings. The fourth-order valence-corrected chi connectivity index (χ4v) is 6.88. The summed E-state index contributed by atoms with van der Waals surface area (Å²) >= 11 is 0. The summed E-state index contributed by atoms with van der Waals surface area (Å²) in [6, 6.07) is 0. The van der Waals surface area contributed by atoms with Crippen molar-refractivity contribution in [3.8, 4) is 0 Å². The van der Waals surface area contributed by atoms with Crippen LogP contribution in [0.5, 0.6) is 0 Å². The molecular formula is C59H98O5. The van der Waals surface area contributed by atoms with E-state index in [4.69, 9.17) is 14.2 Å². The quantitative estimate of drug-likeness (QED) is 0.0346. The second-order valence-corrected chi connectivity index (χ2v) is 17.0. The molecule has 0 saturated heterocycles. The van der Waals surface area contributed by atoms with E-state index < -0.39 is 6.10 Å². The van der Waals surface area contributed by atoms with Crippen molar-refractivity contribution in [1.29, 1.82) is 0 Å². The fourth-order valence-electron chi connectivity index (χ4n) is 6.88.